The first-order chi connectivity index (χ1) is 26.4. The monoisotopic (exact) mass is 799 g/mol. The van der Waals surface area contributed by atoms with Gasteiger partial charge in [0.1, 0.15) is 19.8 Å². The number of hydrogen-bond donors (Lipinski definition) is 2. The third kappa shape index (κ3) is 39.9. The molecule has 320 valence electrons. The summed E-state index contributed by atoms with van der Waals surface area (Å²) in [6, 6.07) is 0. The van der Waals surface area contributed by atoms with Crippen molar-refractivity contribution in [2.75, 3.05) is 47.5 Å². The third-order valence-corrected chi connectivity index (χ3v) is 9.93. The van der Waals surface area contributed by atoms with Crippen LogP contribution >= 0.6 is 7.82 Å². The van der Waals surface area contributed by atoms with Gasteiger partial charge >= 0.3 is 19.8 Å². The maximum absolute atomic E-state index is 12.7. The second-order valence-corrected chi connectivity index (χ2v) is 17.0. The van der Waals surface area contributed by atoms with Gasteiger partial charge in [-0.3, -0.25) is 18.6 Å². The molecule has 0 spiro atoms. The molecule has 55 heavy (non-hydrogen) atoms. The minimum Gasteiger partial charge on any atom is -0.462 e. The molecular weight excluding hydrogens is 717 g/mol. The fourth-order valence-corrected chi connectivity index (χ4v) is 6.24. The molecule has 2 unspecified atom stereocenters. The quantitative estimate of drug-likeness (QED) is 0.0157. The minimum atomic E-state index is -4.41. The van der Waals surface area contributed by atoms with Crippen molar-refractivity contribution in [2.24, 2.45) is 0 Å². The Bertz CT molecular complexity index is 1100. The maximum Gasteiger partial charge on any atom is 0.472 e. The molecule has 0 aliphatic carbocycles. The summed E-state index contributed by atoms with van der Waals surface area (Å²) in [5, 5.41) is 10.1. The number of rotatable bonds is 38. The summed E-state index contributed by atoms with van der Waals surface area (Å²) in [7, 11) is 1.39. The fraction of sp³-hybridized carbons (Fsp3) is 0.773. The van der Waals surface area contributed by atoms with E-state index in [0.29, 0.717) is 30.3 Å². The Morgan fingerprint density at radius 3 is 1.85 bits per heavy atom. The average Bonchev–Trinajstić information content (AvgIpc) is 3.12. The van der Waals surface area contributed by atoms with Crippen molar-refractivity contribution in [3.8, 4) is 0 Å². The van der Waals surface area contributed by atoms with Crippen LogP contribution in [0.2, 0.25) is 0 Å². The Hall–Kier alpha value is -2.07. The second-order valence-electron chi connectivity index (χ2n) is 15.6. The van der Waals surface area contributed by atoms with E-state index in [4.69, 9.17) is 18.5 Å². The lowest BCUT2D eigenvalue weighted by atomic mass is 10.0. The SMILES string of the molecule is CCCCCC=CCC=CCC(O)C=CC=CCCCC(=O)O[C@H](COC(=O)CCCCCCCCCCCCCCC)COP(=O)(O)OCC[N+](C)(C)C. The predicted molar refractivity (Wildman–Crippen MR) is 226 cm³/mol. The van der Waals surface area contributed by atoms with Crippen molar-refractivity contribution < 1.29 is 47.2 Å². The number of quaternary nitrogens is 1. The molecule has 0 aromatic heterocycles. The van der Waals surface area contributed by atoms with Crippen LogP contribution in [0.5, 0.6) is 0 Å². The van der Waals surface area contributed by atoms with Gasteiger partial charge in [-0.1, -0.05) is 152 Å². The zero-order valence-electron chi connectivity index (χ0n) is 35.5. The number of hydrogen-bond acceptors (Lipinski definition) is 8. The number of aliphatic hydroxyl groups excluding tert-OH is 1. The molecule has 0 bridgehead atoms. The Labute approximate surface area is 336 Å². The van der Waals surface area contributed by atoms with Crippen molar-refractivity contribution in [2.45, 2.75) is 174 Å². The molecule has 0 aliphatic heterocycles. The number of unbranched alkanes of at least 4 members (excludes halogenated alkanes) is 16. The van der Waals surface area contributed by atoms with Gasteiger partial charge in [0.15, 0.2) is 6.10 Å². The number of likely N-dealkylation sites (N-methyl/N-ethyl adjacent to an activating group) is 1. The number of carbonyl (C=O) groups is 2. The molecule has 0 heterocycles. The maximum atomic E-state index is 12.7. The Morgan fingerprint density at radius 1 is 0.655 bits per heavy atom. The number of allylic oxidation sites excluding steroid dienone is 6. The van der Waals surface area contributed by atoms with E-state index in [2.05, 4.69) is 32.1 Å². The molecule has 0 saturated carbocycles. The standard InChI is InChI=1S/C44H80NO9P/c1-6-8-10-12-14-16-17-18-19-21-23-27-31-35-43(47)51-39-42(40-53-55(49,50)52-38-37-45(3,4)5)54-44(48)36-32-28-24-26-30-34-41(46)33-29-25-22-20-15-13-11-9-7-2/h15,20,24-26,29-30,34,41-42,46H,6-14,16-19,21-23,27-28,31-33,35-40H2,1-5H3/p+1/t41?,42-/m1/s1. The van der Waals surface area contributed by atoms with Crippen LogP contribution in [0.3, 0.4) is 0 Å². The molecule has 11 heteroatoms. The Balaban J connectivity index is 4.57. The summed E-state index contributed by atoms with van der Waals surface area (Å²) in [5.74, 6) is -0.929. The average molecular weight is 799 g/mol. The highest BCUT2D eigenvalue weighted by Gasteiger charge is 2.27. The van der Waals surface area contributed by atoms with Crippen LogP contribution in [-0.4, -0.2) is 86.1 Å². The first-order valence-corrected chi connectivity index (χ1v) is 23.0. The zero-order valence-corrected chi connectivity index (χ0v) is 36.4. The number of nitrogens with zero attached hydrogens (tertiary/aromatic N) is 1. The number of phosphoric ester groups is 1. The molecule has 0 aliphatic rings. The molecule has 0 saturated heterocycles. The lowest BCUT2D eigenvalue weighted by Gasteiger charge is -2.24. The molecule has 0 aromatic carbocycles. The summed E-state index contributed by atoms with van der Waals surface area (Å²) in [6.45, 7) is 4.21. The predicted octanol–water partition coefficient (Wildman–Crippen LogP) is 10.9. The summed E-state index contributed by atoms with van der Waals surface area (Å²) in [5.41, 5.74) is 0. The van der Waals surface area contributed by atoms with Crippen LogP contribution in [0.15, 0.2) is 48.6 Å². The highest BCUT2D eigenvalue weighted by atomic mass is 31.2. The van der Waals surface area contributed by atoms with Crippen LogP contribution in [0.25, 0.3) is 0 Å². The van der Waals surface area contributed by atoms with Gasteiger partial charge in [-0.2, -0.15) is 0 Å². The molecule has 2 N–H and O–H groups in total. The highest BCUT2D eigenvalue weighted by Crippen LogP contribution is 2.43. The molecular formula is C44H81NO9P+. The van der Waals surface area contributed by atoms with Crippen molar-refractivity contribution in [1.82, 2.24) is 0 Å². The number of ether oxygens (including phenoxy) is 2. The topological polar surface area (TPSA) is 129 Å². The van der Waals surface area contributed by atoms with E-state index in [0.717, 1.165) is 32.1 Å². The fourth-order valence-electron chi connectivity index (χ4n) is 5.50. The number of esters is 2. The van der Waals surface area contributed by atoms with Crippen LogP contribution in [-0.2, 0) is 32.7 Å². The van der Waals surface area contributed by atoms with Crippen LogP contribution in [0.1, 0.15) is 162 Å². The smallest absolute Gasteiger partial charge is 0.462 e. The van der Waals surface area contributed by atoms with Gasteiger partial charge in [-0.25, -0.2) is 4.57 Å². The second kappa shape index (κ2) is 36.3. The van der Waals surface area contributed by atoms with Crippen molar-refractivity contribution in [3.63, 3.8) is 0 Å². The first kappa shape index (κ1) is 52.9. The van der Waals surface area contributed by atoms with Crippen molar-refractivity contribution in [1.29, 1.82) is 0 Å². The number of aliphatic hydroxyl groups is 1. The van der Waals surface area contributed by atoms with E-state index in [1.807, 2.05) is 39.4 Å². The minimum absolute atomic E-state index is 0.00564. The molecule has 0 radical (unpaired) electrons. The van der Waals surface area contributed by atoms with Crippen LogP contribution in [0, 0.1) is 0 Å². The molecule has 0 rings (SSSR count). The third-order valence-electron chi connectivity index (χ3n) is 8.94. The summed E-state index contributed by atoms with van der Waals surface area (Å²) < 4.78 is 34.1. The largest absolute Gasteiger partial charge is 0.472 e. The van der Waals surface area contributed by atoms with E-state index in [-0.39, 0.29) is 26.1 Å². The lowest BCUT2D eigenvalue weighted by Crippen LogP contribution is -2.37. The van der Waals surface area contributed by atoms with E-state index >= 15 is 0 Å². The van der Waals surface area contributed by atoms with Gasteiger partial charge in [0, 0.05) is 12.8 Å². The summed E-state index contributed by atoms with van der Waals surface area (Å²) >= 11 is 0. The molecule has 10 nitrogen and oxygen atoms in total. The molecule has 0 amide bonds. The van der Waals surface area contributed by atoms with Crippen molar-refractivity contribution >= 4 is 19.8 Å². The summed E-state index contributed by atoms with van der Waals surface area (Å²) in [4.78, 5) is 35.3. The van der Waals surface area contributed by atoms with Gasteiger partial charge in [-0.15, -0.1) is 0 Å². The van der Waals surface area contributed by atoms with E-state index in [1.165, 1.54) is 83.5 Å². The van der Waals surface area contributed by atoms with E-state index in [1.54, 1.807) is 12.2 Å². The van der Waals surface area contributed by atoms with Crippen LogP contribution in [0.4, 0.5) is 0 Å². The van der Waals surface area contributed by atoms with Crippen molar-refractivity contribution in [3.05, 3.63) is 48.6 Å². The lowest BCUT2D eigenvalue weighted by molar-refractivity contribution is -0.870. The van der Waals surface area contributed by atoms with Gasteiger partial charge in [0.25, 0.3) is 0 Å². The van der Waals surface area contributed by atoms with Gasteiger partial charge < -0.3 is 24.0 Å². The van der Waals surface area contributed by atoms with E-state index < -0.39 is 38.6 Å². The highest BCUT2D eigenvalue weighted by molar-refractivity contribution is 7.47. The Morgan fingerprint density at radius 2 is 1.22 bits per heavy atom. The Kier molecular flexibility index (Phi) is 34.9. The summed E-state index contributed by atoms with van der Waals surface area (Å²) in [6.07, 6.45) is 37.6. The molecule has 0 fully saturated rings. The zero-order chi connectivity index (χ0) is 40.9. The van der Waals surface area contributed by atoms with Gasteiger partial charge in [0.05, 0.1) is 33.9 Å². The van der Waals surface area contributed by atoms with Gasteiger partial charge in [-0.05, 0) is 44.9 Å². The molecule has 3 atom stereocenters. The van der Waals surface area contributed by atoms with Gasteiger partial charge in [0.2, 0.25) is 0 Å². The normalized spacial score (nSPS) is 14.7. The first-order valence-electron chi connectivity index (χ1n) is 21.5. The number of carbonyl (C=O) groups excluding carboxylic acids is 2. The van der Waals surface area contributed by atoms with Crippen LogP contribution < -0.4 is 0 Å². The van der Waals surface area contributed by atoms with E-state index in [9.17, 15) is 24.2 Å². The number of phosphoric acid groups is 1. The molecule has 0 aromatic rings.